The summed E-state index contributed by atoms with van der Waals surface area (Å²) in [5, 5.41) is 4.89. The Morgan fingerprint density at radius 1 is 1.05 bits per heavy atom. The predicted molar refractivity (Wildman–Crippen MR) is 87.3 cm³/mol. The van der Waals surface area contributed by atoms with Crippen molar-refractivity contribution in [3.8, 4) is 0 Å². The Bertz CT molecular complexity index is 409. The first-order chi connectivity index (χ1) is 9.81. The average Bonchev–Trinajstić information content (AvgIpc) is 2.83. The van der Waals surface area contributed by atoms with Gasteiger partial charge in [-0.3, -0.25) is 4.68 Å². The molecule has 112 valence electrons. The molecule has 1 heterocycles. The van der Waals surface area contributed by atoms with Crippen molar-refractivity contribution < 1.29 is 0 Å². The van der Waals surface area contributed by atoms with Gasteiger partial charge in [-0.05, 0) is 44.1 Å². The lowest BCUT2D eigenvalue weighted by Crippen LogP contribution is -2.14. The Hall–Kier alpha value is -0.310. The molecular weight excluding hydrogens is 312 g/mol. The first-order valence-electron chi connectivity index (χ1n) is 8.49. The van der Waals surface area contributed by atoms with E-state index in [1.807, 2.05) is 0 Å². The molecule has 0 bridgehead atoms. The lowest BCUT2D eigenvalue weighted by atomic mass is 9.95. The minimum absolute atomic E-state index is 0.676. The maximum atomic E-state index is 4.89. The number of alkyl halides is 1. The smallest absolute Gasteiger partial charge is 0.0627 e. The molecule has 2 fully saturated rings. The summed E-state index contributed by atoms with van der Waals surface area (Å²) < 4.78 is 2.26. The number of rotatable bonds is 3. The molecule has 0 saturated heterocycles. The molecule has 0 amide bonds. The molecule has 0 radical (unpaired) electrons. The molecule has 0 spiro atoms. The third-order valence-corrected chi connectivity index (χ3v) is 5.91. The van der Waals surface area contributed by atoms with Crippen LogP contribution in [0, 0.1) is 5.92 Å². The first-order valence-corrected chi connectivity index (χ1v) is 9.41. The van der Waals surface area contributed by atoms with Crippen molar-refractivity contribution >= 4 is 15.9 Å². The van der Waals surface area contributed by atoms with Crippen LogP contribution in [0.3, 0.4) is 0 Å². The molecule has 20 heavy (non-hydrogen) atoms. The summed E-state index contributed by atoms with van der Waals surface area (Å²) in [4.78, 5) is 0.732. The van der Waals surface area contributed by atoms with Crippen LogP contribution in [0.1, 0.15) is 75.9 Å². The standard InChI is InChI=1S/C17H27BrN2/c18-15-7-5-4-6-14(12-15)13-16-10-11-20(19-16)17-8-2-1-3-9-17/h10-11,14-15,17H,1-9,12-13H2. The molecule has 2 atom stereocenters. The molecular formula is C17H27BrN2. The molecule has 0 aromatic carbocycles. The van der Waals surface area contributed by atoms with E-state index in [9.17, 15) is 0 Å². The molecule has 0 aliphatic heterocycles. The number of hydrogen-bond donors (Lipinski definition) is 0. The summed E-state index contributed by atoms with van der Waals surface area (Å²) in [6.07, 6.45) is 17.1. The second kappa shape index (κ2) is 7.11. The Balaban J connectivity index is 1.58. The van der Waals surface area contributed by atoms with E-state index in [-0.39, 0.29) is 0 Å². The van der Waals surface area contributed by atoms with Crippen LogP contribution in [0.4, 0.5) is 0 Å². The summed E-state index contributed by atoms with van der Waals surface area (Å²) >= 11 is 3.83. The van der Waals surface area contributed by atoms with E-state index in [1.54, 1.807) is 0 Å². The van der Waals surface area contributed by atoms with E-state index in [0.29, 0.717) is 6.04 Å². The molecule has 2 aliphatic carbocycles. The van der Waals surface area contributed by atoms with Crippen LogP contribution in [0.2, 0.25) is 0 Å². The van der Waals surface area contributed by atoms with Gasteiger partial charge in [-0.15, -0.1) is 0 Å². The van der Waals surface area contributed by atoms with Crippen molar-refractivity contribution in [1.82, 2.24) is 9.78 Å². The fraction of sp³-hybridized carbons (Fsp3) is 0.824. The Labute approximate surface area is 131 Å². The molecule has 3 rings (SSSR count). The van der Waals surface area contributed by atoms with E-state index in [2.05, 4.69) is 32.9 Å². The van der Waals surface area contributed by atoms with E-state index in [1.165, 1.54) is 76.3 Å². The fourth-order valence-electron chi connectivity index (χ4n) is 3.91. The third-order valence-electron chi connectivity index (χ3n) is 5.08. The molecule has 2 unspecified atom stereocenters. The van der Waals surface area contributed by atoms with Gasteiger partial charge in [-0.1, -0.05) is 54.5 Å². The normalized spacial score (nSPS) is 29.2. The maximum Gasteiger partial charge on any atom is 0.0627 e. The number of hydrogen-bond acceptors (Lipinski definition) is 1. The number of halogens is 1. The second-order valence-electron chi connectivity index (χ2n) is 6.77. The van der Waals surface area contributed by atoms with Crippen LogP contribution in [0.5, 0.6) is 0 Å². The fourth-order valence-corrected chi connectivity index (χ4v) is 4.76. The highest BCUT2D eigenvalue weighted by molar-refractivity contribution is 9.09. The monoisotopic (exact) mass is 338 g/mol. The summed E-state index contributed by atoms with van der Waals surface area (Å²) in [7, 11) is 0. The van der Waals surface area contributed by atoms with Gasteiger partial charge in [0.05, 0.1) is 11.7 Å². The predicted octanol–water partition coefficient (Wildman–Crippen LogP) is 5.27. The van der Waals surface area contributed by atoms with Gasteiger partial charge in [-0.25, -0.2) is 0 Å². The molecule has 2 nitrogen and oxygen atoms in total. The summed E-state index contributed by atoms with van der Waals surface area (Å²) in [6, 6.07) is 2.94. The zero-order valence-electron chi connectivity index (χ0n) is 12.4. The van der Waals surface area contributed by atoms with E-state index in [4.69, 9.17) is 5.10 Å². The van der Waals surface area contributed by atoms with Crippen LogP contribution in [-0.2, 0) is 6.42 Å². The highest BCUT2D eigenvalue weighted by Crippen LogP contribution is 2.31. The number of nitrogens with zero attached hydrogens (tertiary/aromatic N) is 2. The summed E-state index contributed by atoms with van der Waals surface area (Å²) in [6.45, 7) is 0. The van der Waals surface area contributed by atoms with Crippen molar-refractivity contribution in [3.05, 3.63) is 18.0 Å². The summed E-state index contributed by atoms with van der Waals surface area (Å²) in [5.74, 6) is 0.830. The highest BCUT2D eigenvalue weighted by atomic mass is 79.9. The van der Waals surface area contributed by atoms with Crippen molar-refractivity contribution in [1.29, 1.82) is 0 Å². The quantitative estimate of drug-likeness (QED) is 0.541. The molecule has 1 aromatic rings. The van der Waals surface area contributed by atoms with Crippen LogP contribution in [0.15, 0.2) is 12.3 Å². The van der Waals surface area contributed by atoms with Crippen LogP contribution in [-0.4, -0.2) is 14.6 Å². The van der Waals surface area contributed by atoms with Gasteiger partial charge in [0.2, 0.25) is 0 Å². The topological polar surface area (TPSA) is 17.8 Å². The van der Waals surface area contributed by atoms with E-state index >= 15 is 0 Å². The Morgan fingerprint density at radius 2 is 1.80 bits per heavy atom. The van der Waals surface area contributed by atoms with Gasteiger partial charge in [0.1, 0.15) is 0 Å². The summed E-state index contributed by atoms with van der Waals surface area (Å²) in [5.41, 5.74) is 1.32. The highest BCUT2D eigenvalue weighted by Gasteiger charge is 2.20. The molecule has 2 aliphatic rings. The van der Waals surface area contributed by atoms with Gasteiger partial charge < -0.3 is 0 Å². The molecule has 1 aromatic heterocycles. The zero-order chi connectivity index (χ0) is 13.8. The zero-order valence-corrected chi connectivity index (χ0v) is 14.0. The van der Waals surface area contributed by atoms with Crippen LogP contribution < -0.4 is 0 Å². The van der Waals surface area contributed by atoms with Crippen molar-refractivity contribution in [3.63, 3.8) is 0 Å². The lowest BCUT2D eigenvalue weighted by molar-refractivity contribution is 0.326. The molecule has 2 saturated carbocycles. The molecule has 0 N–H and O–H groups in total. The SMILES string of the molecule is BrC1CCCCC(Cc2ccn(C3CCCCC3)n2)C1. The maximum absolute atomic E-state index is 4.89. The molecule has 3 heteroatoms. The third kappa shape index (κ3) is 3.87. The number of aromatic nitrogens is 2. The van der Waals surface area contributed by atoms with Crippen LogP contribution >= 0.6 is 15.9 Å². The van der Waals surface area contributed by atoms with E-state index < -0.39 is 0 Å². The minimum Gasteiger partial charge on any atom is -0.269 e. The van der Waals surface area contributed by atoms with Gasteiger partial charge in [-0.2, -0.15) is 5.10 Å². The van der Waals surface area contributed by atoms with Gasteiger partial charge in [0, 0.05) is 11.0 Å². The van der Waals surface area contributed by atoms with Crippen LogP contribution in [0.25, 0.3) is 0 Å². The van der Waals surface area contributed by atoms with Crippen molar-refractivity contribution in [2.24, 2.45) is 5.92 Å². The largest absolute Gasteiger partial charge is 0.269 e. The minimum atomic E-state index is 0.676. The van der Waals surface area contributed by atoms with Gasteiger partial charge in [0.25, 0.3) is 0 Å². The van der Waals surface area contributed by atoms with Gasteiger partial charge >= 0.3 is 0 Å². The van der Waals surface area contributed by atoms with Gasteiger partial charge in [0.15, 0.2) is 0 Å². The first kappa shape index (κ1) is 14.6. The average molecular weight is 339 g/mol. The Morgan fingerprint density at radius 3 is 2.65 bits per heavy atom. The lowest BCUT2D eigenvalue weighted by Gasteiger charge is -2.22. The van der Waals surface area contributed by atoms with E-state index in [0.717, 1.165) is 10.7 Å². The van der Waals surface area contributed by atoms with Crippen molar-refractivity contribution in [2.45, 2.75) is 81.5 Å². The Kier molecular flexibility index (Phi) is 5.19. The second-order valence-corrected chi connectivity index (χ2v) is 8.06. The van der Waals surface area contributed by atoms with Crippen molar-refractivity contribution in [2.75, 3.05) is 0 Å².